The van der Waals surface area contributed by atoms with Crippen LogP contribution < -0.4 is 59.7 Å². The van der Waals surface area contributed by atoms with Gasteiger partial charge in [-0.05, 0) is 87.4 Å². The number of ether oxygens (including phenoxy) is 3. The first-order valence-corrected chi connectivity index (χ1v) is 29.3. The van der Waals surface area contributed by atoms with E-state index in [1.807, 2.05) is 10.2 Å². The molecule has 0 aliphatic carbocycles. The largest absolute Gasteiger partial charge is 0.481 e. The molecule has 1 heterocycles. The third-order valence-electron chi connectivity index (χ3n) is 13.6. The number of carbonyl (C=O) groups is 10. The van der Waals surface area contributed by atoms with Crippen molar-refractivity contribution in [1.82, 2.24) is 47.4 Å². The lowest BCUT2D eigenvalue weighted by molar-refractivity contribution is -0.144. The number of piperidine rings is 1. The number of rotatable bonds is 41. The summed E-state index contributed by atoms with van der Waals surface area (Å²) in [5.74, 6) is -12.0. The maximum atomic E-state index is 13.8. The van der Waals surface area contributed by atoms with Crippen LogP contribution in [0.25, 0.3) is 0 Å². The van der Waals surface area contributed by atoms with Crippen molar-refractivity contribution in [1.29, 1.82) is 5.41 Å². The van der Waals surface area contributed by atoms with Crippen LogP contribution in [0.1, 0.15) is 92.5 Å². The number of likely N-dealkylation sites (tertiary alicyclic amines) is 1. The summed E-state index contributed by atoms with van der Waals surface area (Å²) in [5, 5.41) is 54.6. The first-order chi connectivity index (χ1) is 42.9. The van der Waals surface area contributed by atoms with Gasteiger partial charge in [-0.1, -0.05) is 30.3 Å². The number of thiol groups is 1. The van der Waals surface area contributed by atoms with Crippen LogP contribution in [0, 0.1) is 5.41 Å². The van der Waals surface area contributed by atoms with Crippen molar-refractivity contribution in [3.63, 3.8) is 0 Å². The van der Waals surface area contributed by atoms with E-state index in [2.05, 4.69) is 49.8 Å². The van der Waals surface area contributed by atoms with Gasteiger partial charge in [-0.15, -0.1) is 0 Å². The molecule has 0 radical (unpaired) electrons. The molecule has 29 nitrogen and oxygen atoms in total. The highest BCUT2D eigenvalue weighted by atomic mass is 32.1. The highest BCUT2D eigenvalue weighted by Gasteiger charge is 2.39. The Balaban J connectivity index is 1.55. The number of carbonyl (C=O) groups excluding carboxylic acids is 7. The van der Waals surface area contributed by atoms with Crippen LogP contribution in [-0.4, -0.2) is 199 Å². The van der Waals surface area contributed by atoms with Gasteiger partial charge in [0, 0.05) is 31.8 Å². The van der Waals surface area contributed by atoms with Crippen molar-refractivity contribution in [2.24, 2.45) is 17.2 Å². The van der Waals surface area contributed by atoms with E-state index in [0.29, 0.717) is 43.5 Å². The van der Waals surface area contributed by atoms with E-state index in [1.54, 1.807) is 30.3 Å². The topological polar surface area (TPSA) is 460 Å². The van der Waals surface area contributed by atoms with Gasteiger partial charge in [0.05, 0.1) is 75.7 Å². The third kappa shape index (κ3) is 29.3. The van der Waals surface area contributed by atoms with Crippen molar-refractivity contribution < 1.29 is 104 Å². The summed E-state index contributed by atoms with van der Waals surface area (Å²) in [6, 6.07) is -0.270. The summed E-state index contributed by atoms with van der Waals surface area (Å²) in [6.45, 7) is -0.885. The van der Waals surface area contributed by atoms with Gasteiger partial charge in [0.1, 0.15) is 36.3 Å². The van der Waals surface area contributed by atoms with E-state index in [9.17, 15) is 89.6 Å². The maximum absolute atomic E-state index is 13.8. The number of benzene rings is 2. The highest BCUT2D eigenvalue weighted by molar-refractivity contribution is 7.80. The molecule has 91 heavy (non-hydrogen) atoms. The number of amides is 7. The molecule has 0 spiro atoms. The first kappa shape index (κ1) is 77.3. The number of aliphatic carboxylic acids is 3. The molecular weight excluding hydrogens is 1240 g/mol. The Morgan fingerprint density at radius 2 is 1.21 bits per heavy atom. The predicted octanol–water partition coefficient (Wildman–Crippen LogP) is -0.790. The number of hydrogen-bond donors (Lipinski definition) is 16. The van der Waals surface area contributed by atoms with E-state index < -0.39 is 163 Å². The molecule has 508 valence electrons. The average Bonchev–Trinajstić information content (AvgIpc) is 1.11. The number of nitrogens with two attached hydrogens (primary N) is 3. The molecule has 18 N–H and O–H groups in total. The van der Waals surface area contributed by atoms with E-state index in [0.717, 1.165) is 0 Å². The molecule has 2 aromatic rings. The van der Waals surface area contributed by atoms with Gasteiger partial charge in [-0.2, -0.15) is 39.0 Å². The lowest BCUT2D eigenvalue weighted by atomic mass is 9.92. The Morgan fingerprint density at radius 1 is 0.659 bits per heavy atom. The number of unbranched alkanes of at least 4 members (excludes halogenated alkanes) is 1. The molecule has 2 aromatic carbocycles. The monoisotopic (exact) mass is 1320 g/mol. The number of carboxylic acids is 3. The molecule has 1 aliphatic heterocycles. The fraction of sp³-hybridized carbons (Fsp3) is 0.582. The van der Waals surface area contributed by atoms with Crippen LogP contribution in [0.3, 0.4) is 0 Å². The molecule has 0 aromatic heterocycles. The molecule has 8 atom stereocenters. The van der Waals surface area contributed by atoms with Crippen LogP contribution in [0.5, 0.6) is 0 Å². The van der Waals surface area contributed by atoms with Crippen molar-refractivity contribution in [3.05, 3.63) is 70.8 Å². The second-order valence-corrected chi connectivity index (χ2v) is 21.1. The number of hydrogen-bond acceptors (Lipinski definition) is 18. The normalized spacial score (nSPS) is 16.3. The minimum absolute atomic E-state index is 0.00483. The van der Waals surface area contributed by atoms with Crippen LogP contribution in [-0.2, 0) is 81.1 Å². The quantitative estimate of drug-likeness (QED) is 0.0128. The third-order valence-corrected chi connectivity index (χ3v) is 13.9. The summed E-state index contributed by atoms with van der Waals surface area (Å²) < 4.78 is 98.5. The highest BCUT2D eigenvalue weighted by Crippen LogP contribution is 2.38. The zero-order valence-corrected chi connectivity index (χ0v) is 50.2. The fourth-order valence-electron chi connectivity index (χ4n) is 9.05. The molecule has 0 saturated carbocycles. The number of guanidine groups is 1. The summed E-state index contributed by atoms with van der Waals surface area (Å²) in [5.41, 5.74) is 14.4. The Labute approximate surface area is 524 Å². The molecule has 7 amide bonds. The molecule has 1 fully saturated rings. The SMILES string of the molecule is N=C(N)NCCCC(NC(=O)CCOCCOCCNC(=O)CN1CCC[C@H](OCc2cc(C(F)(F)F)cc(C(F)(F)F)c2)[C@@H]1c1ccccc1)C(=O)N[C@@H](CC(=O)O)C(=O)NC(CCCCN)C(=O)NC[C@H](N)C(=O)N[C@@H](CC(=O)O)C(=O)N[C@@H](CS)C(=O)O. The molecular formula is C55H79F6N13O16S. The number of carboxylic acid groups (broad SMARTS) is 3. The summed E-state index contributed by atoms with van der Waals surface area (Å²) >= 11 is 3.82. The zero-order chi connectivity index (χ0) is 67.8. The molecule has 3 rings (SSSR count). The summed E-state index contributed by atoms with van der Waals surface area (Å²) in [4.78, 5) is 130. The van der Waals surface area contributed by atoms with Crippen molar-refractivity contribution in [3.8, 4) is 0 Å². The summed E-state index contributed by atoms with van der Waals surface area (Å²) in [7, 11) is 0. The van der Waals surface area contributed by atoms with Crippen LogP contribution >= 0.6 is 12.6 Å². The minimum Gasteiger partial charge on any atom is -0.481 e. The first-order valence-electron chi connectivity index (χ1n) is 28.6. The Morgan fingerprint density at radius 3 is 1.77 bits per heavy atom. The Bertz CT molecular complexity index is 2730. The Hall–Kier alpha value is -7.90. The molecule has 1 saturated heterocycles. The standard InChI is InChI=1S/C55H79F6N13O16S/c56-54(57,58)33-22-31(23-34(24-33)55(59,60)61)29-90-41-12-7-17-74(46(41)32-8-2-1-3-9-32)28-43(76)66-16-19-89-21-20-88-18-13-42(75)69-37(11-6-15-67-53(64)65)49(83)72-39(26-45(79)80)50(84)70-36(10-4-5-14-62)48(82)68-27-35(63)47(81)71-38(25-44(77)78)51(85)73-40(30-91)52(86)87/h1-3,8-9,22-24,35-41,46,91H,4-7,10-21,25-30,62-63H2,(H,66,76)(H,68,82)(H,69,75)(H,70,84)(H,71,81)(H,72,83)(H,73,85)(H,77,78)(H,79,80)(H,86,87)(H4,64,65,67)/t35-,36?,37?,38-,39-,40-,41-,46-/m0/s1. The van der Waals surface area contributed by atoms with Gasteiger partial charge in [0.15, 0.2) is 5.96 Å². The van der Waals surface area contributed by atoms with E-state index >= 15 is 0 Å². The number of nitrogens with one attached hydrogen (secondary N) is 9. The van der Waals surface area contributed by atoms with Gasteiger partial charge in [0.2, 0.25) is 41.4 Å². The van der Waals surface area contributed by atoms with E-state index in [1.165, 1.54) is 0 Å². The smallest absolute Gasteiger partial charge is 0.416 e. The van der Waals surface area contributed by atoms with Gasteiger partial charge in [-0.3, -0.25) is 53.5 Å². The Kier molecular flexibility index (Phi) is 33.5. The van der Waals surface area contributed by atoms with Gasteiger partial charge in [-0.25, -0.2) is 4.79 Å². The van der Waals surface area contributed by atoms with E-state index in [4.69, 9.17) is 36.8 Å². The lowest BCUT2D eigenvalue weighted by Gasteiger charge is -2.41. The lowest BCUT2D eigenvalue weighted by Crippen LogP contribution is -2.59. The zero-order valence-electron chi connectivity index (χ0n) is 49.3. The molecule has 36 heteroatoms. The van der Waals surface area contributed by atoms with Gasteiger partial charge >= 0.3 is 30.3 Å². The van der Waals surface area contributed by atoms with Gasteiger partial charge < -0.3 is 89.3 Å². The van der Waals surface area contributed by atoms with Crippen LogP contribution in [0.15, 0.2) is 48.5 Å². The van der Waals surface area contributed by atoms with Gasteiger partial charge in [0.25, 0.3) is 0 Å². The fourth-order valence-corrected chi connectivity index (χ4v) is 9.30. The van der Waals surface area contributed by atoms with Crippen molar-refractivity contribution in [2.75, 3.05) is 71.4 Å². The number of nitrogens with zero attached hydrogens (tertiary/aromatic N) is 1. The van der Waals surface area contributed by atoms with Crippen LogP contribution in [0.2, 0.25) is 0 Å². The second kappa shape index (κ2) is 39.4. The van der Waals surface area contributed by atoms with Crippen LogP contribution in [0.4, 0.5) is 26.3 Å². The molecule has 1 aliphatic rings. The number of alkyl halides is 6. The molecule has 2 unspecified atom stereocenters. The second-order valence-electron chi connectivity index (χ2n) is 20.8. The number of halogens is 6. The summed E-state index contributed by atoms with van der Waals surface area (Å²) in [6.07, 6.45) is -11.8. The maximum Gasteiger partial charge on any atom is 0.416 e. The molecule has 0 bridgehead atoms. The average molecular weight is 1320 g/mol. The van der Waals surface area contributed by atoms with E-state index in [-0.39, 0.29) is 102 Å². The minimum atomic E-state index is -5.04. The van der Waals surface area contributed by atoms with Crippen molar-refractivity contribution >= 4 is 77.8 Å². The predicted molar refractivity (Wildman–Crippen MR) is 313 cm³/mol. The van der Waals surface area contributed by atoms with Crippen molar-refractivity contribution in [2.45, 2.75) is 132 Å².